The lowest BCUT2D eigenvalue weighted by atomic mass is 9.93. The Kier molecular flexibility index (Phi) is 4.55. The number of carbonyl (C=O) groups excluding carboxylic acids is 3. The zero-order valence-corrected chi connectivity index (χ0v) is 12.9. The number of piperidine rings is 1. The van der Waals surface area contributed by atoms with Gasteiger partial charge in [-0.1, -0.05) is 6.07 Å². The van der Waals surface area contributed by atoms with Crippen LogP contribution in [0.1, 0.15) is 18.5 Å². The standard InChI is InChI=1S/C16H20N4O3/c21-14-9-18-16(23)20(14)11-15(22)19-7-3-4-12(10-19)8-13-5-1-2-6-17-13/h1-2,5-6,12H,3-4,7-11H2,(H,18,23)/t12-/m0/s1. The lowest BCUT2D eigenvalue weighted by Gasteiger charge is -2.33. The molecule has 0 aliphatic carbocycles. The molecule has 2 fully saturated rings. The van der Waals surface area contributed by atoms with Crippen molar-refractivity contribution in [3.8, 4) is 0 Å². The molecule has 1 N–H and O–H groups in total. The monoisotopic (exact) mass is 316 g/mol. The molecule has 2 aliphatic heterocycles. The van der Waals surface area contributed by atoms with E-state index < -0.39 is 6.03 Å². The number of amides is 4. The van der Waals surface area contributed by atoms with E-state index >= 15 is 0 Å². The maximum atomic E-state index is 12.4. The van der Waals surface area contributed by atoms with Crippen molar-refractivity contribution >= 4 is 17.8 Å². The molecule has 3 rings (SSSR count). The fraction of sp³-hybridized carbons (Fsp3) is 0.500. The van der Waals surface area contributed by atoms with E-state index in [2.05, 4.69) is 10.3 Å². The molecule has 7 nitrogen and oxygen atoms in total. The maximum Gasteiger partial charge on any atom is 0.325 e. The number of urea groups is 1. The SMILES string of the molecule is O=C(CN1C(=O)CNC1=O)N1CCC[C@@H](Cc2ccccn2)C1. The second kappa shape index (κ2) is 6.76. The van der Waals surface area contributed by atoms with Gasteiger partial charge >= 0.3 is 6.03 Å². The van der Waals surface area contributed by atoms with Crippen LogP contribution in [-0.4, -0.2) is 58.8 Å². The van der Waals surface area contributed by atoms with E-state index in [-0.39, 0.29) is 24.9 Å². The van der Waals surface area contributed by atoms with Crippen molar-refractivity contribution in [2.75, 3.05) is 26.2 Å². The Bertz CT molecular complexity index is 589. The fourth-order valence-corrected chi connectivity index (χ4v) is 3.12. The van der Waals surface area contributed by atoms with Gasteiger partial charge in [0.25, 0.3) is 5.91 Å². The topological polar surface area (TPSA) is 82.6 Å². The highest BCUT2D eigenvalue weighted by atomic mass is 16.2. The van der Waals surface area contributed by atoms with Crippen molar-refractivity contribution in [1.82, 2.24) is 20.1 Å². The molecular formula is C16H20N4O3. The van der Waals surface area contributed by atoms with Gasteiger partial charge in [-0.25, -0.2) is 4.79 Å². The molecule has 2 saturated heterocycles. The number of hydrogen-bond donors (Lipinski definition) is 1. The van der Waals surface area contributed by atoms with Crippen LogP contribution in [-0.2, 0) is 16.0 Å². The normalized spacial score (nSPS) is 21.5. The molecule has 0 saturated carbocycles. The smallest absolute Gasteiger partial charge is 0.325 e. The van der Waals surface area contributed by atoms with E-state index in [0.29, 0.717) is 19.0 Å². The van der Waals surface area contributed by atoms with Crippen molar-refractivity contribution < 1.29 is 14.4 Å². The lowest BCUT2D eigenvalue weighted by molar-refractivity contribution is -0.137. The number of aromatic nitrogens is 1. The van der Waals surface area contributed by atoms with E-state index in [1.165, 1.54) is 0 Å². The van der Waals surface area contributed by atoms with Crippen molar-refractivity contribution in [3.05, 3.63) is 30.1 Å². The summed E-state index contributed by atoms with van der Waals surface area (Å²) in [5.74, 6) is -0.141. The van der Waals surface area contributed by atoms with E-state index in [1.807, 2.05) is 18.2 Å². The molecule has 1 atom stereocenters. The highest BCUT2D eigenvalue weighted by molar-refractivity contribution is 6.04. The minimum Gasteiger partial charge on any atom is -0.341 e. The molecule has 2 aliphatic rings. The Morgan fingerprint density at radius 2 is 2.22 bits per heavy atom. The molecule has 7 heteroatoms. The first-order chi connectivity index (χ1) is 11.1. The Balaban J connectivity index is 1.56. The maximum absolute atomic E-state index is 12.4. The Hall–Kier alpha value is -2.44. The van der Waals surface area contributed by atoms with Crippen LogP contribution in [0.15, 0.2) is 24.4 Å². The average Bonchev–Trinajstić information content (AvgIpc) is 2.88. The van der Waals surface area contributed by atoms with E-state index in [1.54, 1.807) is 11.1 Å². The molecule has 1 aromatic rings. The van der Waals surface area contributed by atoms with E-state index in [4.69, 9.17) is 0 Å². The summed E-state index contributed by atoms with van der Waals surface area (Å²) >= 11 is 0. The second-order valence-corrected chi connectivity index (χ2v) is 6.01. The zero-order chi connectivity index (χ0) is 16.2. The van der Waals surface area contributed by atoms with E-state index in [9.17, 15) is 14.4 Å². The first-order valence-corrected chi connectivity index (χ1v) is 7.89. The zero-order valence-electron chi connectivity index (χ0n) is 12.9. The average molecular weight is 316 g/mol. The third-order valence-corrected chi connectivity index (χ3v) is 4.33. The molecule has 1 aromatic heterocycles. The summed E-state index contributed by atoms with van der Waals surface area (Å²) in [5, 5.41) is 2.43. The second-order valence-electron chi connectivity index (χ2n) is 6.01. The highest BCUT2D eigenvalue weighted by Crippen LogP contribution is 2.20. The predicted octanol–water partition coefficient (Wildman–Crippen LogP) is 0.414. The van der Waals surface area contributed by atoms with Crippen LogP contribution >= 0.6 is 0 Å². The lowest BCUT2D eigenvalue weighted by Crippen LogP contribution is -2.47. The quantitative estimate of drug-likeness (QED) is 0.816. The van der Waals surface area contributed by atoms with Gasteiger partial charge in [0.2, 0.25) is 5.91 Å². The first kappa shape index (κ1) is 15.5. The minimum absolute atomic E-state index is 0.0194. The number of nitrogens with one attached hydrogen (secondary N) is 1. The molecule has 23 heavy (non-hydrogen) atoms. The molecule has 0 spiro atoms. The Labute approximate surface area is 134 Å². The Morgan fingerprint density at radius 3 is 2.91 bits per heavy atom. The van der Waals surface area contributed by atoms with Gasteiger partial charge in [0.1, 0.15) is 6.54 Å². The van der Waals surface area contributed by atoms with Crippen molar-refractivity contribution in [1.29, 1.82) is 0 Å². The summed E-state index contributed by atoms with van der Waals surface area (Å²) < 4.78 is 0. The van der Waals surface area contributed by atoms with Crippen molar-refractivity contribution in [2.45, 2.75) is 19.3 Å². The number of likely N-dealkylation sites (tertiary alicyclic amines) is 1. The van der Waals surface area contributed by atoms with Crippen LogP contribution in [0.5, 0.6) is 0 Å². The van der Waals surface area contributed by atoms with Gasteiger partial charge in [-0.15, -0.1) is 0 Å². The third kappa shape index (κ3) is 3.67. The summed E-state index contributed by atoms with van der Waals surface area (Å²) in [7, 11) is 0. The molecule has 0 bridgehead atoms. The molecule has 4 amide bonds. The fourth-order valence-electron chi connectivity index (χ4n) is 3.12. The van der Waals surface area contributed by atoms with Gasteiger partial charge < -0.3 is 10.2 Å². The number of rotatable bonds is 4. The molecule has 0 unspecified atom stereocenters. The Morgan fingerprint density at radius 1 is 1.35 bits per heavy atom. The summed E-state index contributed by atoms with van der Waals surface area (Å²) in [6.45, 7) is 1.15. The van der Waals surface area contributed by atoms with Crippen molar-refractivity contribution in [3.63, 3.8) is 0 Å². The van der Waals surface area contributed by atoms with E-state index in [0.717, 1.165) is 29.9 Å². The first-order valence-electron chi connectivity index (χ1n) is 7.89. The number of hydrogen-bond acceptors (Lipinski definition) is 4. The molecule has 122 valence electrons. The van der Waals surface area contributed by atoms with Gasteiger partial charge in [0, 0.05) is 25.0 Å². The van der Waals surface area contributed by atoms with Crippen LogP contribution in [0.25, 0.3) is 0 Å². The number of imide groups is 1. The van der Waals surface area contributed by atoms with Gasteiger partial charge in [0.05, 0.1) is 6.54 Å². The summed E-state index contributed by atoms with van der Waals surface area (Å²) in [4.78, 5) is 42.6. The molecule has 3 heterocycles. The third-order valence-electron chi connectivity index (χ3n) is 4.33. The van der Waals surface area contributed by atoms with Crippen LogP contribution in [0.4, 0.5) is 4.79 Å². The number of nitrogens with zero attached hydrogens (tertiary/aromatic N) is 3. The number of carbonyl (C=O) groups is 3. The van der Waals surface area contributed by atoms with Crippen LogP contribution in [0.2, 0.25) is 0 Å². The molecule has 0 radical (unpaired) electrons. The van der Waals surface area contributed by atoms with Crippen LogP contribution < -0.4 is 5.32 Å². The molecule has 0 aromatic carbocycles. The van der Waals surface area contributed by atoms with Gasteiger partial charge in [-0.3, -0.25) is 19.5 Å². The number of pyridine rings is 1. The summed E-state index contributed by atoms with van der Waals surface area (Å²) in [6.07, 6.45) is 4.61. The predicted molar refractivity (Wildman–Crippen MR) is 82.4 cm³/mol. The summed E-state index contributed by atoms with van der Waals surface area (Å²) in [6, 6.07) is 5.36. The van der Waals surface area contributed by atoms with Crippen molar-refractivity contribution in [2.24, 2.45) is 5.92 Å². The molecular weight excluding hydrogens is 296 g/mol. The van der Waals surface area contributed by atoms with Crippen LogP contribution in [0.3, 0.4) is 0 Å². The van der Waals surface area contributed by atoms with Gasteiger partial charge in [-0.2, -0.15) is 0 Å². The minimum atomic E-state index is -0.481. The largest absolute Gasteiger partial charge is 0.341 e. The highest BCUT2D eigenvalue weighted by Gasteiger charge is 2.32. The summed E-state index contributed by atoms with van der Waals surface area (Å²) in [5.41, 5.74) is 1.03. The van der Waals surface area contributed by atoms with Crippen LogP contribution in [0, 0.1) is 5.92 Å². The van der Waals surface area contributed by atoms with Gasteiger partial charge in [0.15, 0.2) is 0 Å². The van der Waals surface area contributed by atoms with Gasteiger partial charge in [-0.05, 0) is 37.3 Å².